The zero-order chi connectivity index (χ0) is 13.1. The molecule has 0 fully saturated rings. The van der Waals surface area contributed by atoms with Gasteiger partial charge in [0.05, 0.1) is 10.2 Å². The maximum absolute atomic E-state index is 5.44. The van der Waals surface area contributed by atoms with E-state index in [1.165, 1.54) is 10.2 Å². The zero-order valence-corrected chi connectivity index (χ0v) is 12.0. The van der Waals surface area contributed by atoms with E-state index in [2.05, 4.69) is 46.3 Å². The first-order valence-corrected chi connectivity index (χ1v) is 7.44. The number of hydrogen-bond acceptors (Lipinski definition) is 3. The van der Waals surface area contributed by atoms with Crippen LogP contribution < -0.4 is 5.32 Å². The lowest BCUT2D eigenvalue weighted by molar-refractivity contribution is 0.754. The molecule has 4 heteroatoms. The molecule has 1 heterocycles. The van der Waals surface area contributed by atoms with Gasteiger partial charge in [-0.15, -0.1) is 11.3 Å². The van der Waals surface area contributed by atoms with Crippen LogP contribution in [-0.2, 0) is 6.54 Å². The third kappa shape index (κ3) is 2.69. The second kappa shape index (κ2) is 5.55. The van der Waals surface area contributed by atoms with Gasteiger partial charge in [0.25, 0.3) is 0 Å². The van der Waals surface area contributed by atoms with Crippen LogP contribution in [0.1, 0.15) is 0 Å². The van der Waals surface area contributed by atoms with E-state index < -0.39 is 0 Å². The van der Waals surface area contributed by atoms with Crippen molar-refractivity contribution < 1.29 is 0 Å². The monoisotopic (exact) mass is 286 g/mol. The fourth-order valence-electron chi connectivity index (χ4n) is 2.09. The molecule has 96 valence electrons. The van der Waals surface area contributed by atoms with Gasteiger partial charge in [-0.2, -0.15) is 0 Å². The van der Waals surface area contributed by atoms with Gasteiger partial charge in [0.1, 0.15) is 0 Å². The van der Waals surface area contributed by atoms with E-state index in [1.54, 1.807) is 11.3 Å². The summed E-state index contributed by atoms with van der Waals surface area (Å²) in [5, 5.41) is 3.41. The molecule has 0 unspecified atom stereocenters. The van der Waals surface area contributed by atoms with E-state index in [0.717, 1.165) is 22.7 Å². The predicted molar refractivity (Wildman–Crippen MR) is 85.6 cm³/mol. The van der Waals surface area contributed by atoms with E-state index in [-0.39, 0.29) is 0 Å². The Labute approximate surface area is 121 Å². The molecule has 2 nitrogen and oxygen atoms in total. The summed E-state index contributed by atoms with van der Waals surface area (Å²) in [7, 11) is 0. The molecule has 0 saturated carbocycles. The largest absolute Gasteiger partial charge is 0.383 e. The number of nitrogens with one attached hydrogen (secondary N) is 1. The van der Waals surface area contributed by atoms with Gasteiger partial charge in [-0.1, -0.05) is 30.3 Å². The van der Waals surface area contributed by atoms with Crippen LogP contribution >= 0.6 is 23.6 Å². The lowest BCUT2D eigenvalue weighted by Gasteiger charge is -2.08. The van der Waals surface area contributed by atoms with Crippen molar-refractivity contribution in [3.63, 3.8) is 0 Å². The highest BCUT2D eigenvalue weighted by Gasteiger charge is 2.03. The van der Waals surface area contributed by atoms with Crippen molar-refractivity contribution >= 4 is 39.5 Å². The minimum absolute atomic E-state index is 0.874. The summed E-state index contributed by atoms with van der Waals surface area (Å²) in [6, 6.07) is 18.6. The molecule has 3 aromatic rings. The number of benzene rings is 2. The number of thiazole rings is 1. The molecule has 3 rings (SSSR count). The maximum Gasteiger partial charge on any atom is 0.162 e. The average molecular weight is 286 g/mol. The molecular weight excluding hydrogens is 272 g/mol. The van der Waals surface area contributed by atoms with Gasteiger partial charge in [-0.25, -0.2) is 0 Å². The molecular formula is C15H14N2S2. The van der Waals surface area contributed by atoms with E-state index in [0.29, 0.717) is 0 Å². The minimum Gasteiger partial charge on any atom is -0.383 e. The average Bonchev–Trinajstić information content (AvgIpc) is 2.76. The molecule has 19 heavy (non-hydrogen) atoms. The number of aromatic nitrogens is 1. The Hall–Kier alpha value is -1.65. The van der Waals surface area contributed by atoms with Gasteiger partial charge < -0.3 is 9.88 Å². The maximum atomic E-state index is 5.44. The number of para-hydroxylation sites is 2. The summed E-state index contributed by atoms with van der Waals surface area (Å²) < 4.78 is 4.40. The first-order chi connectivity index (χ1) is 9.34. The fourth-order valence-corrected chi connectivity index (χ4v) is 3.47. The summed E-state index contributed by atoms with van der Waals surface area (Å²) in [4.78, 5) is 0. The quantitative estimate of drug-likeness (QED) is 0.709. The van der Waals surface area contributed by atoms with Gasteiger partial charge in [-0.05, 0) is 36.5 Å². The number of hydrogen-bond donors (Lipinski definition) is 1. The molecule has 0 radical (unpaired) electrons. The Morgan fingerprint density at radius 2 is 1.74 bits per heavy atom. The Bertz CT molecular complexity index is 728. The van der Waals surface area contributed by atoms with Crippen molar-refractivity contribution in [2.75, 3.05) is 11.9 Å². The lowest BCUT2D eigenvalue weighted by atomic mass is 10.3. The highest BCUT2D eigenvalue weighted by Crippen LogP contribution is 2.22. The van der Waals surface area contributed by atoms with Gasteiger partial charge in [0, 0.05) is 18.8 Å². The first-order valence-electron chi connectivity index (χ1n) is 6.22. The summed E-state index contributed by atoms with van der Waals surface area (Å²) in [5.74, 6) is 0. The van der Waals surface area contributed by atoms with Gasteiger partial charge in [-0.3, -0.25) is 0 Å². The summed E-state index contributed by atoms with van der Waals surface area (Å²) in [5.41, 5.74) is 2.38. The lowest BCUT2D eigenvalue weighted by Crippen LogP contribution is -2.10. The van der Waals surface area contributed by atoms with Crippen LogP contribution in [0.3, 0.4) is 0 Å². The zero-order valence-electron chi connectivity index (χ0n) is 10.4. The van der Waals surface area contributed by atoms with Crippen molar-refractivity contribution in [1.29, 1.82) is 0 Å². The molecule has 0 bridgehead atoms. The summed E-state index contributed by atoms with van der Waals surface area (Å²) >= 11 is 7.11. The van der Waals surface area contributed by atoms with Crippen LogP contribution in [0.15, 0.2) is 54.6 Å². The van der Waals surface area contributed by atoms with E-state index >= 15 is 0 Å². The van der Waals surface area contributed by atoms with Gasteiger partial charge >= 0.3 is 0 Å². The minimum atomic E-state index is 0.874. The molecule has 0 spiro atoms. The normalized spacial score (nSPS) is 10.7. The van der Waals surface area contributed by atoms with Crippen LogP contribution in [0.2, 0.25) is 0 Å². The molecule has 0 saturated heterocycles. The Morgan fingerprint density at radius 1 is 1.00 bits per heavy atom. The first kappa shape index (κ1) is 12.4. The number of anilines is 1. The molecule has 0 aliphatic heterocycles. The van der Waals surface area contributed by atoms with Crippen molar-refractivity contribution in [2.45, 2.75) is 6.54 Å². The van der Waals surface area contributed by atoms with Crippen LogP contribution in [0.25, 0.3) is 10.2 Å². The molecule has 0 aliphatic carbocycles. The molecule has 1 N–H and O–H groups in total. The third-order valence-corrected chi connectivity index (χ3v) is 4.44. The fraction of sp³-hybridized carbons (Fsp3) is 0.133. The Kier molecular flexibility index (Phi) is 3.62. The van der Waals surface area contributed by atoms with Crippen LogP contribution in [0, 0.1) is 3.95 Å². The van der Waals surface area contributed by atoms with Gasteiger partial charge in [0.15, 0.2) is 3.95 Å². The molecule has 0 aliphatic rings. The third-order valence-electron chi connectivity index (χ3n) is 3.01. The van der Waals surface area contributed by atoms with E-state index in [9.17, 15) is 0 Å². The number of rotatable bonds is 4. The number of nitrogens with zero attached hydrogens (tertiary/aromatic N) is 1. The van der Waals surface area contributed by atoms with Crippen molar-refractivity contribution in [1.82, 2.24) is 4.57 Å². The van der Waals surface area contributed by atoms with E-state index in [1.807, 2.05) is 18.2 Å². The second-order valence-corrected chi connectivity index (χ2v) is 5.96. The van der Waals surface area contributed by atoms with Crippen molar-refractivity contribution in [3.8, 4) is 0 Å². The number of fused-ring (bicyclic) bond motifs is 1. The standard InChI is InChI=1S/C15H14N2S2/c18-15-17(13-8-4-5-9-14(13)19-15)11-10-16-12-6-2-1-3-7-12/h1-9,16H,10-11H2. The topological polar surface area (TPSA) is 17.0 Å². The van der Waals surface area contributed by atoms with Crippen molar-refractivity contribution in [2.24, 2.45) is 0 Å². The Balaban J connectivity index is 1.75. The molecule has 2 aromatic carbocycles. The van der Waals surface area contributed by atoms with Crippen LogP contribution in [0.4, 0.5) is 5.69 Å². The molecule has 0 atom stereocenters. The Morgan fingerprint density at radius 3 is 2.58 bits per heavy atom. The van der Waals surface area contributed by atoms with Crippen LogP contribution in [0.5, 0.6) is 0 Å². The van der Waals surface area contributed by atoms with E-state index in [4.69, 9.17) is 12.2 Å². The SMILES string of the molecule is S=c1sc2ccccc2n1CCNc1ccccc1. The summed E-state index contributed by atoms with van der Waals surface area (Å²) in [6.45, 7) is 1.76. The smallest absolute Gasteiger partial charge is 0.162 e. The molecule has 1 aromatic heterocycles. The van der Waals surface area contributed by atoms with Crippen molar-refractivity contribution in [3.05, 3.63) is 58.6 Å². The highest BCUT2D eigenvalue weighted by atomic mass is 32.1. The van der Waals surface area contributed by atoms with Gasteiger partial charge in [0.2, 0.25) is 0 Å². The predicted octanol–water partition coefficient (Wildman–Crippen LogP) is 4.54. The van der Waals surface area contributed by atoms with Crippen LogP contribution in [-0.4, -0.2) is 11.1 Å². The second-order valence-electron chi connectivity index (χ2n) is 4.28. The molecule has 0 amide bonds. The highest BCUT2D eigenvalue weighted by molar-refractivity contribution is 7.73. The summed E-state index contributed by atoms with van der Waals surface area (Å²) in [6.07, 6.45) is 0.